The standard InChI is InChI=1S/C21H23NO2/c1-2-5-16(6-3-1)13-24-21-8-4-7-17(12-21)9-18-10-19-14-23-15-20(11-18)22-19/h1-8,10,12,19-20,22H,9,11,13-15H2. The zero-order valence-electron chi connectivity index (χ0n) is 13.8. The summed E-state index contributed by atoms with van der Waals surface area (Å²) in [6.07, 6.45) is 4.41. The van der Waals surface area contributed by atoms with Crippen molar-refractivity contribution in [1.29, 1.82) is 0 Å². The largest absolute Gasteiger partial charge is 0.489 e. The SMILES string of the molecule is C1=C(Cc2cccc(OCc3ccccc3)c2)CC2COCC1N2. The average Bonchev–Trinajstić information content (AvgIpc) is 2.61. The molecule has 2 aromatic rings. The molecule has 2 bridgehead atoms. The van der Waals surface area contributed by atoms with Crippen LogP contribution in [0.15, 0.2) is 66.2 Å². The van der Waals surface area contributed by atoms with Gasteiger partial charge < -0.3 is 14.8 Å². The number of benzene rings is 2. The van der Waals surface area contributed by atoms with E-state index >= 15 is 0 Å². The van der Waals surface area contributed by atoms with Crippen LogP contribution in [0.2, 0.25) is 0 Å². The molecule has 0 aromatic heterocycles. The first-order chi connectivity index (χ1) is 11.8. The minimum absolute atomic E-state index is 0.380. The van der Waals surface area contributed by atoms with Gasteiger partial charge in [-0.2, -0.15) is 0 Å². The predicted octanol–water partition coefficient (Wildman–Crippen LogP) is 3.50. The van der Waals surface area contributed by atoms with Crippen LogP contribution in [0.25, 0.3) is 0 Å². The van der Waals surface area contributed by atoms with E-state index in [-0.39, 0.29) is 0 Å². The molecule has 0 spiro atoms. The number of fused-ring (bicyclic) bond motifs is 2. The molecule has 4 rings (SSSR count). The summed E-state index contributed by atoms with van der Waals surface area (Å²) in [5, 5.41) is 3.59. The van der Waals surface area contributed by atoms with E-state index in [0.29, 0.717) is 18.7 Å². The monoisotopic (exact) mass is 321 g/mol. The summed E-state index contributed by atoms with van der Waals surface area (Å²) in [4.78, 5) is 0. The first-order valence-corrected chi connectivity index (χ1v) is 8.64. The van der Waals surface area contributed by atoms with E-state index < -0.39 is 0 Å². The van der Waals surface area contributed by atoms with Gasteiger partial charge in [0.05, 0.1) is 13.2 Å². The van der Waals surface area contributed by atoms with Crippen molar-refractivity contribution in [2.24, 2.45) is 0 Å². The van der Waals surface area contributed by atoms with Crippen LogP contribution in [0.5, 0.6) is 5.75 Å². The van der Waals surface area contributed by atoms with Crippen molar-refractivity contribution in [2.75, 3.05) is 13.2 Å². The first-order valence-electron chi connectivity index (χ1n) is 8.64. The average molecular weight is 321 g/mol. The lowest BCUT2D eigenvalue weighted by Crippen LogP contribution is -2.50. The number of nitrogens with one attached hydrogen (secondary N) is 1. The molecule has 0 saturated carbocycles. The zero-order chi connectivity index (χ0) is 16.2. The number of hydrogen-bond donors (Lipinski definition) is 1. The van der Waals surface area contributed by atoms with Gasteiger partial charge in [0.1, 0.15) is 12.4 Å². The van der Waals surface area contributed by atoms with Crippen molar-refractivity contribution in [3.05, 3.63) is 77.4 Å². The number of rotatable bonds is 5. The van der Waals surface area contributed by atoms with Crippen LogP contribution in [0.1, 0.15) is 17.5 Å². The maximum atomic E-state index is 5.94. The van der Waals surface area contributed by atoms with Crippen molar-refractivity contribution in [1.82, 2.24) is 5.32 Å². The van der Waals surface area contributed by atoms with Gasteiger partial charge in [0.15, 0.2) is 0 Å². The van der Waals surface area contributed by atoms with Gasteiger partial charge in [0.25, 0.3) is 0 Å². The third-order valence-corrected chi connectivity index (χ3v) is 4.59. The van der Waals surface area contributed by atoms with E-state index in [1.807, 2.05) is 24.3 Å². The Hall–Kier alpha value is -2.10. The fourth-order valence-corrected chi connectivity index (χ4v) is 3.50. The van der Waals surface area contributed by atoms with E-state index in [4.69, 9.17) is 9.47 Å². The number of morpholine rings is 1. The highest BCUT2D eigenvalue weighted by atomic mass is 16.5. The second-order valence-electron chi connectivity index (χ2n) is 6.64. The molecule has 0 radical (unpaired) electrons. The minimum atomic E-state index is 0.380. The number of ether oxygens (including phenoxy) is 2. The Morgan fingerprint density at radius 3 is 2.75 bits per heavy atom. The summed E-state index contributed by atoms with van der Waals surface area (Å²) in [6.45, 7) is 2.23. The molecule has 2 heterocycles. The van der Waals surface area contributed by atoms with Gasteiger partial charge in [0.2, 0.25) is 0 Å². The van der Waals surface area contributed by atoms with Gasteiger partial charge in [-0.05, 0) is 36.1 Å². The Morgan fingerprint density at radius 1 is 1.00 bits per heavy atom. The minimum Gasteiger partial charge on any atom is -0.489 e. The lowest BCUT2D eigenvalue weighted by molar-refractivity contribution is 0.0528. The summed E-state index contributed by atoms with van der Waals surface area (Å²) in [7, 11) is 0. The lowest BCUT2D eigenvalue weighted by Gasteiger charge is -2.35. The summed E-state index contributed by atoms with van der Waals surface area (Å²) in [6, 6.07) is 19.6. The topological polar surface area (TPSA) is 30.5 Å². The van der Waals surface area contributed by atoms with Crippen molar-refractivity contribution in [2.45, 2.75) is 31.5 Å². The molecule has 0 aliphatic carbocycles. The Kier molecular flexibility index (Phi) is 4.63. The molecule has 2 atom stereocenters. The van der Waals surface area contributed by atoms with Crippen molar-refractivity contribution in [3.8, 4) is 5.75 Å². The van der Waals surface area contributed by atoms with Crippen LogP contribution in [0.4, 0.5) is 0 Å². The highest BCUT2D eigenvalue weighted by molar-refractivity contribution is 5.33. The number of hydrogen-bond acceptors (Lipinski definition) is 3. The Morgan fingerprint density at radius 2 is 1.88 bits per heavy atom. The van der Waals surface area contributed by atoms with Gasteiger partial charge in [0, 0.05) is 12.1 Å². The van der Waals surface area contributed by atoms with Crippen LogP contribution < -0.4 is 10.1 Å². The Bertz CT molecular complexity index is 711. The van der Waals surface area contributed by atoms with Gasteiger partial charge in [-0.15, -0.1) is 0 Å². The van der Waals surface area contributed by atoms with Crippen LogP contribution in [0, 0.1) is 0 Å². The summed E-state index contributed by atoms with van der Waals surface area (Å²) in [5.41, 5.74) is 4.01. The quantitative estimate of drug-likeness (QED) is 0.855. The fourth-order valence-electron chi connectivity index (χ4n) is 3.50. The van der Waals surface area contributed by atoms with Gasteiger partial charge in [-0.3, -0.25) is 0 Å². The van der Waals surface area contributed by atoms with Gasteiger partial charge in [-0.1, -0.05) is 54.1 Å². The smallest absolute Gasteiger partial charge is 0.120 e. The zero-order valence-corrected chi connectivity index (χ0v) is 13.8. The molecule has 2 unspecified atom stereocenters. The molecular weight excluding hydrogens is 298 g/mol. The molecule has 3 nitrogen and oxygen atoms in total. The highest BCUT2D eigenvalue weighted by Crippen LogP contribution is 2.23. The Balaban J connectivity index is 1.40. The molecule has 1 N–H and O–H groups in total. The predicted molar refractivity (Wildman–Crippen MR) is 95.2 cm³/mol. The fraction of sp³-hybridized carbons (Fsp3) is 0.333. The normalized spacial score (nSPS) is 22.8. The summed E-state index contributed by atoms with van der Waals surface area (Å²) >= 11 is 0. The van der Waals surface area contributed by atoms with Crippen LogP contribution in [0.3, 0.4) is 0 Å². The van der Waals surface area contributed by atoms with E-state index in [1.54, 1.807) is 0 Å². The third kappa shape index (κ3) is 3.86. The van der Waals surface area contributed by atoms with Crippen LogP contribution >= 0.6 is 0 Å². The molecule has 124 valence electrons. The molecule has 24 heavy (non-hydrogen) atoms. The Labute approximate surface area is 143 Å². The molecule has 2 aliphatic rings. The second kappa shape index (κ2) is 7.20. The van der Waals surface area contributed by atoms with E-state index in [2.05, 4.69) is 41.7 Å². The maximum Gasteiger partial charge on any atom is 0.120 e. The molecular formula is C21H23NO2. The second-order valence-corrected chi connectivity index (χ2v) is 6.64. The molecule has 1 saturated heterocycles. The first kappa shape index (κ1) is 15.4. The molecule has 2 aromatic carbocycles. The lowest BCUT2D eigenvalue weighted by atomic mass is 9.92. The maximum absolute atomic E-state index is 5.94. The molecule has 3 heteroatoms. The highest BCUT2D eigenvalue weighted by Gasteiger charge is 2.25. The third-order valence-electron chi connectivity index (χ3n) is 4.59. The molecule has 1 fully saturated rings. The van der Waals surface area contributed by atoms with E-state index in [1.165, 1.54) is 16.7 Å². The molecule has 2 aliphatic heterocycles. The van der Waals surface area contributed by atoms with Gasteiger partial charge >= 0.3 is 0 Å². The summed E-state index contributed by atoms with van der Waals surface area (Å²) in [5.74, 6) is 0.939. The van der Waals surface area contributed by atoms with E-state index in [0.717, 1.165) is 31.8 Å². The van der Waals surface area contributed by atoms with Crippen molar-refractivity contribution >= 4 is 0 Å². The van der Waals surface area contributed by atoms with Crippen molar-refractivity contribution < 1.29 is 9.47 Å². The summed E-state index contributed by atoms with van der Waals surface area (Å²) < 4.78 is 11.5. The van der Waals surface area contributed by atoms with E-state index in [9.17, 15) is 0 Å². The van der Waals surface area contributed by atoms with Gasteiger partial charge in [-0.25, -0.2) is 0 Å². The van der Waals surface area contributed by atoms with Crippen LogP contribution in [-0.4, -0.2) is 25.3 Å². The molecule has 0 amide bonds. The van der Waals surface area contributed by atoms with Crippen molar-refractivity contribution in [3.63, 3.8) is 0 Å². The van der Waals surface area contributed by atoms with Crippen LogP contribution in [-0.2, 0) is 17.8 Å².